The molecule has 0 unspecified atom stereocenters. The quantitative estimate of drug-likeness (QED) is 0.482. The predicted molar refractivity (Wildman–Crippen MR) is 81.3 cm³/mol. The number of hydrogen-bond donors (Lipinski definition) is 0. The summed E-state index contributed by atoms with van der Waals surface area (Å²) in [5.74, 6) is 0. The molecule has 0 spiro atoms. The van der Waals surface area contributed by atoms with Gasteiger partial charge in [-0.05, 0) is 39.3 Å². The minimum Gasteiger partial charge on any atom is -0.342 e. The maximum atomic E-state index is 3.78. The average molecular weight is 366 g/mol. The van der Waals surface area contributed by atoms with E-state index in [1.807, 2.05) is 0 Å². The summed E-state index contributed by atoms with van der Waals surface area (Å²) in [5, 5.41) is 0. The van der Waals surface area contributed by atoms with Crippen LogP contribution in [0.25, 0.3) is 0 Å². The first-order chi connectivity index (χ1) is 7.69. The summed E-state index contributed by atoms with van der Waals surface area (Å²) < 4.78 is 0. The molecule has 3 heteroatoms. The first-order valence-electron chi connectivity index (χ1n) is 6.73. The molecule has 0 amide bonds. The molecule has 0 aliphatic rings. The van der Waals surface area contributed by atoms with Crippen molar-refractivity contribution in [2.24, 2.45) is 0 Å². The Morgan fingerprint density at radius 2 is 0.882 bits per heavy atom. The number of nitrogens with zero attached hydrogens (tertiary/aromatic N) is 2. The Bertz CT molecular complexity index is 98.8. The second-order valence-electron chi connectivity index (χ2n) is 3.76. The smallest absolute Gasteiger partial charge is 0.342 e. The molecular weight excluding hydrogens is 333 g/mol. The van der Waals surface area contributed by atoms with Crippen molar-refractivity contribution in [2.75, 3.05) is 39.3 Å². The molecule has 17 heavy (non-hydrogen) atoms. The summed E-state index contributed by atoms with van der Waals surface area (Å²) in [6.07, 6.45) is 2.06. The zero-order valence-electron chi connectivity index (χ0n) is 12.7. The van der Waals surface area contributed by atoms with Crippen LogP contribution in [0.4, 0.5) is 0 Å². The van der Waals surface area contributed by atoms with E-state index in [9.17, 15) is 0 Å². The molecule has 0 rings (SSSR count). The standard InChI is InChI=1S/2C7H16N.Ba/c2*1-4-7-8(5-2)6-3;/h2*1,4-7H2,2-3H3;/q2*-1;+2. The molecule has 2 nitrogen and oxygen atoms in total. The summed E-state index contributed by atoms with van der Waals surface area (Å²) in [6.45, 7) is 23.2. The molecule has 0 saturated carbocycles. The molecular formula is C14H32BaN2. The molecule has 0 heterocycles. The fourth-order valence-corrected chi connectivity index (χ4v) is 1.53. The maximum absolute atomic E-state index is 3.78. The van der Waals surface area contributed by atoms with Crippen LogP contribution in [0.3, 0.4) is 0 Å². The average Bonchev–Trinajstić information content (AvgIpc) is 2.33. The Labute approximate surface area is 151 Å². The molecule has 0 atom stereocenters. The van der Waals surface area contributed by atoms with Crippen molar-refractivity contribution in [2.45, 2.75) is 40.5 Å². The molecule has 0 bridgehead atoms. The van der Waals surface area contributed by atoms with Gasteiger partial charge in [-0.15, -0.1) is 0 Å². The second kappa shape index (κ2) is 19.8. The second-order valence-corrected chi connectivity index (χ2v) is 3.76. The third-order valence-corrected chi connectivity index (χ3v) is 2.74. The van der Waals surface area contributed by atoms with Crippen LogP contribution < -0.4 is 0 Å². The van der Waals surface area contributed by atoms with Gasteiger partial charge in [-0.2, -0.15) is 12.8 Å². The molecule has 0 aromatic carbocycles. The van der Waals surface area contributed by atoms with Crippen LogP contribution in [0.1, 0.15) is 40.5 Å². The number of rotatable bonds is 8. The van der Waals surface area contributed by atoms with Crippen LogP contribution in [-0.2, 0) is 0 Å². The minimum absolute atomic E-state index is 0. The van der Waals surface area contributed by atoms with E-state index in [1.165, 1.54) is 0 Å². The van der Waals surface area contributed by atoms with E-state index >= 15 is 0 Å². The van der Waals surface area contributed by atoms with E-state index in [4.69, 9.17) is 0 Å². The molecule has 0 saturated heterocycles. The molecule has 0 fully saturated rings. The van der Waals surface area contributed by atoms with Gasteiger partial charge in [0.1, 0.15) is 0 Å². The van der Waals surface area contributed by atoms with E-state index < -0.39 is 0 Å². The van der Waals surface area contributed by atoms with Crippen molar-refractivity contribution in [3.63, 3.8) is 0 Å². The third kappa shape index (κ3) is 17.5. The molecule has 0 aliphatic carbocycles. The van der Waals surface area contributed by atoms with E-state index in [2.05, 4.69) is 51.3 Å². The van der Waals surface area contributed by atoms with Crippen LogP contribution in [0.15, 0.2) is 0 Å². The monoisotopic (exact) mass is 366 g/mol. The summed E-state index contributed by atoms with van der Waals surface area (Å²) in [4.78, 5) is 4.74. The Balaban J connectivity index is -0.000000218. The van der Waals surface area contributed by atoms with Crippen molar-refractivity contribution in [1.29, 1.82) is 0 Å². The van der Waals surface area contributed by atoms with Gasteiger partial charge >= 0.3 is 48.9 Å². The molecule has 0 radical (unpaired) electrons. The predicted octanol–water partition coefficient (Wildman–Crippen LogP) is 2.72. The molecule has 0 aliphatic heterocycles. The minimum atomic E-state index is 0. The summed E-state index contributed by atoms with van der Waals surface area (Å²) in [6, 6.07) is 0. The van der Waals surface area contributed by atoms with Gasteiger partial charge in [-0.3, -0.25) is 0 Å². The maximum Gasteiger partial charge on any atom is 2.00 e. The summed E-state index contributed by atoms with van der Waals surface area (Å²) in [7, 11) is 0. The van der Waals surface area contributed by atoms with Crippen LogP contribution in [0.5, 0.6) is 0 Å². The first kappa shape index (κ1) is 23.6. The Kier molecular flexibility index (Phi) is 27.5. The zero-order valence-corrected chi connectivity index (χ0v) is 17.1. The molecule has 0 aromatic rings. The van der Waals surface area contributed by atoms with Gasteiger partial charge in [0.15, 0.2) is 0 Å². The van der Waals surface area contributed by atoms with Crippen LogP contribution >= 0.6 is 0 Å². The van der Waals surface area contributed by atoms with Crippen molar-refractivity contribution in [3.05, 3.63) is 13.8 Å². The first-order valence-corrected chi connectivity index (χ1v) is 6.73. The van der Waals surface area contributed by atoms with Crippen LogP contribution in [-0.4, -0.2) is 97.9 Å². The van der Waals surface area contributed by atoms with Gasteiger partial charge in [0.25, 0.3) is 0 Å². The van der Waals surface area contributed by atoms with Crippen molar-refractivity contribution in [1.82, 2.24) is 9.80 Å². The zero-order chi connectivity index (χ0) is 12.8. The van der Waals surface area contributed by atoms with E-state index in [0.717, 1.165) is 52.1 Å². The van der Waals surface area contributed by atoms with Gasteiger partial charge < -0.3 is 23.6 Å². The van der Waals surface area contributed by atoms with E-state index in [-0.39, 0.29) is 48.9 Å². The Hall–Kier alpha value is 1.49. The van der Waals surface area contributed by atoms with Gasteiger partial charge in [0, 0.05) is 0 Å². The van der Waals surface area contributed by atoms with Gasteiger partial charge in [0.05, 0.1) is 0 Å². The van der Waals surface area contributed by atoms with Gasteiger partial charge in [0.2, 0.25) is 0 Å². The van der Waals surface area contributed by atoms with Gasteiger partial charge in [-0.25, -0.2) is 0 Å². The Morgan fingerprint density at radius 3 is 0.941 bits per heavy atom. The number of hydrogen-bond acceptors (Lipinski definition) is 2. The topological polar surface area (TPSA) is 6.48 Å². The van der Waals surface area contributed by atoms with Crippen LogP contribution in [0.2, 0.25) is 0 Å². The van der Waals surface area contributed by atoms with Gasteiger partial charge in [-0.1, -0.05) is 27.7 Å². The third-order valence-electron chi connectivity index (χ3n) is 2.74. The Morgan fingerprint density at radius 1 is 0.647 bits per heavy atom. The van der Waals surface area contributed by atoms with Crippen molar-refractivity contribution in [3.8, 4) is 0 Å². The fraction of sp³-hybridized carbons (Fsp3) is 0.857. The SMILES string of the molecule is [Ba+2].[CH2-]CCN(CC)CC.[CH2-]CCN(CC)CC. The summed E-state index contributed by atoms with van der Waals surface area (Å²) in [5.41, 5.74) is 0. The normalized spacial score (nSPS) is 9.88. The largest absolute Gasteiger partial charge is 2.00 e. The molecule has 0 N–H and O–H groups in total. The van der Waals surface area contributed by atoms with Crippen molar-refractivity contribution < 1.29 is 0 Å². The molecule has 100 valence electrons. The summed E-state index contributed by atoms with van der Waals surface area (Å²) >= 11 is 0. The molecule has 0 aromatic heterocycles. The van der Waals surface area contributed by atoms with Crippen molar-refractivity contribution >= 4 is 48.9 Å². The van der Waals surface area contributed by atoms with E-state index in [1.54, 1.807) is 0 Å². The fourth-order valence-electron chi connectivity index (χ4n) is 1.53. The van der Waals surface area contributed by atoms with Crippen LogP contribution in [0, 0.1) is 13.8 Å². The van der Waals surface area contributed by atoms with E-state index in [0.29, 0.717) is 0 Å².